The van der Waals surface area contributed by atoms with Gasteiger partial charge in [0.1, 0.15) is 0 Å². The molecule has 0 N–H and O–H groups in total. The van der Waals surface area contributed by atoms with Crippen molar-refractivity contribution in [2.24, 2.45) is 0 Å². The molecule has 1 aromatic rings. The number of sulfone groups is 1. The fraction of sp³-hybridized carbons (Fsp3) is 0.556. The van der Waals surface area contributed by atoms with Crippen molar-refractivity contribution in [1.82, 2.24) is 0 Å². The van der Waals surface area contributed by atoms with E-state index in [1.807, 2.05) is 6.07 Å². The lowest BCUT2D eigenvalue weighted by atomic mass is 9.85. The molecule has 3 rings (SSSR count). The minimum atomic E-state index is -3.36. The highest BCUT2D eigenvalue weighted by atomic mass is 32.2. The lowest BCUT2D eigenvalue weighted by Gasteiger charge is -2.37. The molecule has 0 saturated carbocycles. The standard InChI is InChI=1S/C18H24O3S/c1-15-9-11-18(12-10-15,14-16-6-5-13-21-16)22(19,20)17-7-3-2-4-8-17/h2-4,7-9,16H,5-6,10-14H2,1H3/t16-,18+/m0/s1. The Morgan fingerprint density at radius 1 is 1.27 bits per heavy atom. The number of hydrogen-bond acceptors (Lipinski definition) is 3. The van der Waals surface area contributed by atoms with E-state index in [4.69, 9.17) is 4.74 Å². The zero-order valence-corrected chi connectivity index (χ0v) is 13.9. The van der Waals surface area contributed by atoms with Gasteiger partial charge < -0.3 is 4.74 Å². The summed E-state index contributed by atoms with van der Waals surface area (Å²) in [5.74, 6) is 0. The predicted molar refractivity (Wildman–Crippen MR) is 87.6 cm³/mol. The summed E-state index contributed by atoms with van der Waals surface area (Å²) in [6, 6.07) is 8.90. The Hall–Kier alpha value is -1.13. The average Bonchev–Trinajstić information content (AvgIpc) is 3.03. The number of allylic oxidation sites excluding steroid dienone is 2. The Balaban J connectivity index is 1.98. The molecule has 4 heteroatoms. The van der Waals surface area contributed by atoms with Gasteiger partial charge in [0.05, 0.1) is 15.7 Å². The van der Waals surface area contributed by atoms with Crippen LogP contribution < -0.4 is 0 Å². The fourth-order valence-electron chi connectivity index (χ4n) is 3.60. The third-order valence-electron chi connectivity index (χ3n) is 5.04. The van der Waals surface area contributed by atoms with Gasteiger partial charge in [-0.15, -0.1) is 0 Å². The van der Waals surface area contributed by atoms with Gasteiger partial charge >= 0.3 is 0 Å². The molecule has 0 spiro atoms. The first-order valence-corrected chi connectivity index (χ1v) is 9.59. The highest BCUT2D eigenvalue weighted by molar-refractivity contribution is 7.92. The zero-order chi connectivity index (χ0) is 15.6. The molecule has 0 unspecified atom stereocenters. The lowest BCUT2D eigenvalue weighted by Crippen LogP contribution is -2.43. The molecule has 1 saturated heterocycles. The van der Waals surface area contributed by atoms with Crippen LogP contribution in [0.15, 0.2) is 46.9 Å². The molecule has 0 aromatic heterocycles. The van der Waals surface area contributed by atoms with Gasteiger partial charge in [-0.1, -0.05) is 29.8 Å². The highest BCUT2D eigenvalue weighted by Gasteiger charge is 2.46. The van der Waals surface area contributed by atoms with Gasteiger partial charge in [0.25, 0.3) is 0 Å². The maximum Gasteiger partial charge on any atom is 0.184 e. The van der Waals surface area contributed by atoms with Crippen LogP contribution in [0.2, 0.25) is 0 Å². The van der Waals surface area contributed by atoms with Gasteiger partial charge in [0.2, 0.25) is 0 Å². The smallest absolute Gasteiger partial charge is 0.184 e. The molecule has 1 aromatic carbocycles. The molecule has 3 nitrogen and oxygen atoms in total. The van der Waals surface area contributed by atoms with Crippen LogP contribution in [0.25, 0.3) is 0 Å². The van der Waals surface area contributed by atoms with Crippen molar-refractivity contribution in [1.29, 1.82) is 0 Å². The summed E-state index contributed by atoms with van der Waals surface area (Å²) in [5, 5.41) is 0. The van der Waals surface area contributed by atoms with E-state index in [2.05, 4.69) is 13.0 Å². The van der Waals surface area contributed by atoms with Crippen LogP contribution in [0, 0.1) is 0 Å². The van der Waals surface area contributed by atoms with Gasteiger partial charge in [-0.05, 0) is 57.6 Å². The molecule has 0 amide bonds. The third-order valence-corrected chi connectivity index (χ3v) is 7.62. The number of ether oxygens (including phenoxy) is 1. The van der Waals surface area contributed by atoms with E-state index in [0.29, 0.717) is 24.2 Å². The molecule has 1 aliphatic carbocycles. The quantitative estimate of drug-likeness (QED) is 0.790. The summed E-state index contributed by atoms with van der Waals surface area (Å²) >= 11 is 0. The van der Waals surface area contributed by atoms with Crippen molar-refractivity contribution >= 4 is 9.84 Å². The minimum Gasteiger partial charge on any atom is -0.378 e. The average molecular weight is 320 g/mol. The van der Waals surface area contributed by atoms with E-state index in [9.17, 15) is 8.42 Å². The van der Waals surface area contributed by atoms with Crippen molar-refractivity contribution in [2.45, 2.75) is 61.2 Å². The Labute approximate surface area is 133 Å². The van der Waals surface area contributed by atoms with Crippen LogP contribution in [-0.2, 0) is 14.6 Å². The first kappa shape index (κ1) is 15.8. The summed E-state index contributed by atoms with van der Waals surface area (Å²) < 4.78 is 31.7. The number of benzene rings is 1. The summed E-state index contributed by atoms with van der Waals surface area (Å²) in [7, 11) is -3.36. The SMILES string of the molecule is CC1=CC[C@@](C[C@@H]2CCCO2)(S(=O)(=O)c2ccccc2)CC1. The molecule has 2 aliphatic rings. The monoisotopic (exact) mass is 320 g/mol. The maximum atomic E-state index is 13.3. The highest BCUT2D eigenvalue weighted by Crippen LogP contribution is 2.43. The Morgan fingerprint density at radius 3 is 2.64 bits per heavy atom. The molecule has 120 valence electrons. The molecule has 1 fully saturated rings. The zero-order valence-electron chi connectivity index (χ0n) is 13.1. The van der Waals surface area contributed by atoms with Crippen LogP contribution in [0.3, 0.4) is 0 Å². The van der Waals surface area contributed by atoms with Crippen LogP contribution >= 0.6 is 0 Å². The van der Waals surface area contributed by atoms with Crippen molar-refractivity contribution in [2.75, 3.05) is 6.61 Å². The number of rotatable bonds is 4. The topological polar surface area (TPSA) is 43.4 Å². The lowest BCUT2D eigenvalue weighted by molar-refractivity contribution is 0.0917. The van der Waals surface area contributed by atoms with Crippen LogP contribution in [0.1, 0.15) is 45.4 Å². The van der Waals surface area contributed by atoms with E-state index in [1.165, 1.54) is 5.57 Å². The molecule has 2 atom stereocenters. The van der Waals surface area contributed by atoms with Crippen LogP contribution in [-0.4, -0.2) is 25.9 Å². The van der Waals surface area contributed by atoms with E-state index in [1.54, 1.807) is 24.3 Å². The van der Waals surface area contributed by atoms with E-state index in [-0.39, 0.29) is 6.10 Å². The first-order chi connectivity index (χ1) is 10.5. The molecule has 0 radical (unpaired) electrons. The van der Waals surface area contributed by atoms with Gasteiger partial charge in [0.15, 0.2) is 9.84 Å². The van der Waals surface area contributed by atoms with E-state index < -0.39 is 14.6 Å². The summed E-state index contributed by atoms with van der Waals surface area (Å²) in [4.78, 5) is 0.445. The second-order valence-electron chi connectivity index (χ2n) is 6.59. The Morgan fingerprint density at radius 2 is 2.05 bits per heavy atom. The molecule has 1 aliphatic heterocycles. The van der Waals surface area contributed by atoms with Crippen molar-refractivity contribution in [3.05, 3.63) is 42.0 Å². The van der Waals surface area contributed by atoms with Crippen molar-refractivity contribution in [3.8, 4) is 0 Å². The largest absolute Gasteiger partial charge is 0.378 e. The van der Waals surface area contributed by atoms with Crippen LogP contribution in [0.4, 0.5) is 0 Å². The maximum absolute atomic E-state index is 13.3. The van der Waals surface area contributed by atoms with E-state index >= 15 is 0 Å². The molecule has 1 heterocycles. The molecular formula is C18H24O3S. The van der Waals surface area contributed by atoms with Gasteiger partial charge in [-0.25, -0.2) is 8.42 Å². The Kier molecular flexibility index (Phi) is 4.42. The number of hydrogen-bond donors (Lipinski definition) is 0. The third kappa shape index (κ3) is 2.86. The summed E-state index contributed by atoms with van der Waals surface area (Å²) in [6.45, 7) is 2.85. The van der Waals surface area contributed by atoms with Crippen LogP contribution in [0.5, 0.6) is 0 Å². The molecule has 0 bridgehead atoms. The molecular weight excluding hydrogens is 296 g/mol. The summed E-state index contributed by atoms with van der Waals surface area (Å²) in [6.07, 6.45) is 7.01. The first-order valence-electron chi connectivity index (χ1n) is 8.10. The van der Waals surface area contributed by atoms with Crippen molar-refractivity contribution in [3.63, 3.8) is 0 Å². The second kappa shape index (κ2) is 6.17. The van der Waals surface area contributed by atoms with Gasteiger partial charge in [0, 0.05) is 6.61 Å². The normalized spacial score (nSPS) is 29.3. The predicted octanol–water partition coefficient (Wildman–Crippen LogP) is 3.90. The van der Waals surface area contributed by atoms with Crippen molar-refractivity contribution < 1.29 is 13.2 Å². The second-order valence-corrected chi connectivity index (χ2v) is 8.94. The Bertz CT molecular complexity index is 642. The molecule has 22 heavy (non-hydrogen) atoms. The summed E-state index contributed by atoms with van der Waals surface area (Å²) in [5.41, 5.74) is 1.30. The fourth-order valence-corrected chi connectivity index (χ4v) is 5.69. The van der Waals surface area contributed by atoms with E-state index in [0.717, 1.165) is 25.9 Å². The van der Waals surface area contributed by atoms with Gasteiger partial charge in [-0.3, -0.25) is 0 Å². The van der Waals surface area contributed by atoms with Gasteiger partial charge in [-0.2, -0.15) is 0 Å². The minimum absolute atomic E-state index is 0.0882.